The van der Waals surface area contributed by atoms with Gasteiger partial charge in [0.05, 0.1) is 6.10 Å². The quantitative estimate of drug-likeness (QED) is 0.469. The summed E-state index contributed by atoms with van der Waals surface area (Å²) in [7, 11) is 0. The number of rotatable bonds is 1. The molecule has 5 aliphatic carbocycles. The largest absolute Gasteiger partial charge is 0.458 e. The molecule has 0 bridgehead atoms. The molecule has 0 aromatic rings. The third-order valence-corrected chi connectivity index (χ3v) is 12.2. The number of esters is 1. The van der Waals surface area contributed by atoms with Gasteiger partial charge in [0.1, 0.15) is 18.8 Å². The van der Waals surface area contributed by atoms with Crippen molar-refractivity contribution in [2.75, 3.05) is 13.2 Å². The highest BCUT2D eigenvalue weighted by atomic mass is 32.2. The van der Waals surface area contributed by atoms with Gasteiger partial charge in [0, 0.05) is 16.4 Å². The molecule has 3 spiro atoms. The number of hydrogen-bond donors (Lipinski definition) is 0. The molecule has 3 aliphatic heterocycles. The van der Waals surface area contributed by atoms with Crippen molar-refractivity contribution in [1.29, 1.82) is 0 Å². The average Bonchev–Trinajstić information content (AvgIpc) is 3.61. The predicted octanol–water partition coefficient (Wildman–Crippen LogP) is 2.84. The molecule has 0 aromatic carbocycles. The van der Waals surface area contributed by atoms with Gasteiger partial charge in [-0.25, -0.2) is 4.79 Å². The van der Waals surface area contributed by atoms with E-state index in [0.29, 0.717) is 36.9 Å². The first-order chi connectivity index (χ1) is 14.3. The van der Waals surface area contributed by atoms with Crippen molar-refractivity contribution in [1.82, 2.24) is 0 Å². The van der Waals surface area contributed by atoms with E-state index in [1.165, 1.54) is 12.0 Å². The maximum Gasteiger partial charge on any atom is 0.334 e. The number of epoxide rings is 1. The fourth-order valence-electron chi connectivity index (χ4n) is 10.3. The second kappa shape index (κ2) is 4.63. The molecule has 0 N–H and O–H groups in total. The van der Waals surface area contributed by atoms with E-state index >= 15 is 0 Å². The van der Waals surface area contributed by atoms with E-state index in [1.54, 1.807) is 0 Å². The molecule has 2 saturated heterocycles. The molecular formula is C23H28O6S. The first kappa shape index (κ1) is 17.8. The van der Waals surface area contributed by atoms with E-state index in [9.17, 15) is 9.00 Å². The van der Waals surface area contributed by atoms with Crippen LogP contribution in [0, 0.1) is 39.9 Å². The lowest BCUT2D eigenvalue weighted by atomic mass is 9.43. The third kappa shape index (κ3) is 1.39. The van der Waals surface area contributed by atoms with E-state index in [4.69, 9.17) is 17.8 Å². The number of ether oxygens (including phenoxy) is 2. The van der Waals surface area contributed by atoms with E-state index in [1.807, 2.05) is 0 Å². The Kier molecular flexibility index (Phi) is 2.74. The van der Waals surface area contributed by atoms with Crippen LogP contribution in [0.4, 0.5) is 0 Å². The van der Waals surface area contributed by atoms with Crippen LogP contribution in [0.5, 0.6) is 0 Å². The van der Waals surface area contributed by atoms with Crippen LogP contribution in [0.25, 0.3) is 0 Å². The second-order valence-corrected chi connectivity index (χ2v) is 12.6. The van der Waals surface area contributed by atoms with Crippen LogP contribution in [-0.2, 0) is 34.0 Å². The molecule has 30 heavy (non-hydrogen) atoms. The van der Waals surface area contributed by atoms with Crippen molar-refractivity contribution < 1.29 is 26.8 Å². The Morgan fingerprint density at radius 1 is 1.20 bits per heavy atom. The zero-order chi connectivity index (χ0) is 20.5. The maximum atomic E-state index is 12.5. The normalized spacial score (nSPS) is 63.5. The van der Waals surface area contributed by atoms with Gasteiger partial charge < -0.3 is 9.47 Å². The molecule has 162 valence electrons. The summed E-state index contributed by atoms with van der Waals surface area (Å²) in [6.07, 6.45) is 5.13. The fourth-order valence-corrected chi connectivity index (χ4v) is 11.2. The van der Waals surface area contributed by atoms with Gasteiger partial charge in [0.15, 0.2) is 5.60 Å². The number of fused-ring (bicyclic) bond motifs is 5. The summed E-state index contributed by atoms with van der Waals surface area (Å²) < 4.78 is 36.8. The van der Waals surface area contributed by atoms with Crippen LogP contribution in [0.3, 0.4) is 0 Å². The van der Waals surface area contributed by atoms with Crippen molar-refractivity contribution in [2.24, 2.45) is 39.9 Å². The summed E-state index contributed by atoms with van der Waals surface area (Å²) in [5.74, 6) is 1.91. The minimum Gasteiger partial charge on any atom is -0.458 e. The highest BCUT2D eigenvalue weighted by Gasteiger charge is 3.02. The van der Waals surface area contributed by atoms with Crippen LogP contribution >= 0.6 is 0 Å². The monoisotopic (exact) mass is 432 g/mol. The van der Waals surface area contributed by atoms with E-state index in [-0.39, 0.29) is 33.9 Å². The molecule has 6 nitrogen and oxygen atoms in total. The van der Waals surface area contributed by atoms with Crippen molar-refractivity contribution in [3.8, 4) is 0 Å². The Bertz CT molecular complexity index is 1010. The second-order valence-electron chi connectivity index (χ2n) is 11.8. The van der Waals surface area contributed by atoms with Gasteiger partial charge in [-0.15, -0.1) is 0 Å². The molecule has 0 amide bonds. The highest BCUT2D eigenvalue weighted by Crippen LogP contribution is 2.96. The predicted molar refractivity (Wildman–Crippen MR) is 105 cm³/mol. The standard InChI is InChI=1S/C23H28O6S/c1-11(2)20-7-15(20)16-8-21(16)19(3)5-4-12-13(9-26-18(12)24)14(19)6-17-23(21,28-17)22(20)10-27-30(25)29-22/h11,14-17H,4-10H2,1-3H3/t14-,15-,16-,17-,19-,20+,21-,22-,23-,30?/m0/s1. The number of carbonyl (C=O) groups is 1. The van der Waals surface area contributed by atoms with Crippen LogP contribution in [-0.4, -0.2) is 40.7 Å². The molecule has 8 rings (SSSR count). The van der Waals surface area contributed by atoms with Gasteiger partial charge in [-0.2, -0.15) is 4.21 Å². The fraction of sp³-hybridized carbons (Fsp3) is 0.870. The van der Waals surface area contributed by atoms with Crippen molar-refractivity contribution in [3.05, 3.63) is 11.1 Å². The summed E-state index contributed by atoms with van der Waals surface area (Å²) in [6, 6.07) is 0. The SMILES string of the molecule is CC(C)[C@]12C[C@H]1[C@@H]1C[C@]13[C@]1(O[C@H]1C[C@H]1C4=C(CC[C@@]13C)C(=O)OC4)[C@]21COS(=O)O1. The van der Waals surface area contributed by atoms with Crippen LogP contribution in [0.15, 0.2) is 11.1 Å². The first-order valence-electron chi connectivity index (χ1n) is 11.6. The van der Waals surface area contributed by atoms with Gasteiger partial charge in [-0.3, -0.25) is 8.37 Å². The Morgan fingerprint density at radius 2 is 2.03 bits per heavy atom. The van der Waals surface area contributed by atoms with Crippen molar-refractivity contribution in [3.63, 3.8) is 0 Å². The van der Waals surface area contributed by atoms with Gasteiger partial charge in [0.2, 0.25) is 0 Å². The molecule has 7 heteroatoms. The molecule has 0 radical (unpaired) electrons. The van der Waals surface area contributed by atoms with Crippen molar-refractivity contribution in [2.45, 2.75) is 70.2 Å². The van der Waals surface area contributed by atoms with Crippen molar-refractivity contribution >= 4 is 17.3 Å². The minimum atomic E-state index is -1.70. The van der Waals surface area contributed by atoms with Crippen LogP contribution in [0.1, 0.15) is 52.9 Å². The Hall–Kier alpha value is -0.760. The molecule has 10 atom stereocenters. The lowest BCUT2D eigenvalue weighted by Crippen LogP contribution is -2.70. The Morgan fingerprint density at radius 3 is 2.77 bits per heavy atom. The van der Waals surface area contributed by atoms with E-state index in [2.05, 4.69) is 20.8 Å². The highest BCUT2D eigenvalue weighted by molar-refractivity contribution is 7.75. The average molecular weight is 433 g/mol. The number of cyclic esters (lactones) is 1. The van der Waals surface area contributed by atoms with Crippen LogP contribution < -0.4 is 0 Å². The number of carbonyl (C=O) groups excluding carboxylic acids is 1. The summed E-state index contributed by atoms with van der Waals surface area (Å²) in [4.78, 5) is 12.3. The molecule has 8 aliphatic rings. The lowest BCUT2D eigenvalue weighted by Gasteiger charge is -2.60. The van der Waals surface area contributed by atoms with Gasteiger partial charge in [-0.05, 0) is 66.8 Å². The van der Waals surface area contributed by atoms with E-state index in [0.717, 1.165) is 31.3 Å². The molecule has 3 heterocycles. The summed E-state index contributed by atoms with van der Waals surface area (Å²) in [5.41, 5.74) is 1.30. The third-order valence-electron chi connectivity index (χ3n) is 11.4. The lowest BCUT2D eigenvalue weighted by molar-refractivity contribution is -0.172. The van der Waals surface area contributed by atoms with Gasteiger partial charge >= 0.3 is 17.3 Å². The zero-order valence-corrected chi connectivity index (χ0v) is 18.5. The molecule has 0 aromatic heterocycles. The van der Waals surface area contributed by atoms with Gasteiger partial charge in [0.25, 0.3) is 0 Å². The minimum absolute atomic E-state index is 0.00725. The maximum absolute atomic E-state index is 12.5. The molecule has 4 saturated carbocycles. The van der Waals surface area contributed by atoms with Gasteiger partial charge in [-0.1, -0.05) is 20.8 Å². The smallest absolute Gasteiger partial charge is 0.334 e. The van der Waals surface area contributed by atoms with Crippen LogP contribution in [0.2, 0.25) is 0 Å². The molecule has 1 unspecified atom stereocenters. The summed E-state index contributed by atoms with van der Waals surface area (Å²) in [6.45, 7) is 7.89. The zero-order valence-electron chi connectivity index (χ0n) is 17.7. The first-order valence-corrected chi connectivity index (χ1v) is 12.6. The van der Waals surface area contributed by atoms with E-state index < -0.39 is 17.0 Å². The molecular weight excluding hydrogens is 404 g/mol. The molecule has 6 fully saturated rings. The summed E-state index contributed by atoms with van der Waals surface area (Å²) in [5, 5.41) is 0. The number of hydrogen-bond acceptors (Lipinski definition) is 6. The summed E-state index contributed by atoms with van der Waals surface area (Å²) >= 11 is -1.70. The Labute approximate surface area is 178 Å². The topological polar surface area (TPSA) is 74.4 Å². The Balaban J connectivity index is 1.34.